The van der Waals surface area contributed by atoms with Crippen molar-refractivity contribution in [1.82, 2.24) is 0 Å². The molecule has 0 aromatic heterocycles. The zero-order valence-corrected chi connectivity index (χ0v) is 14.6. The molecule has 2 fully saturated rings. The van der Waals surface area contributed by atoms with Crippen LogP contribution in [0.2, 0.25) is 0 Å². The minimum atomic E-state index is -1.69. The molecule has 3 rings (SSSR count). The monoisotopic (exact) mass is 380 g/mol. The number of Topliss-reactive ketones (excluding diaryl/α,β-unsaturated/α-hetero) is 1. The number of carboxylic acids is 1. The maximum atomic E-state index is 14.1. The third kappa shape index (κ3) is 2.27. The number of rotatable bonds is 6. The van der Waals surface area contributed by atoms with Crippen LogP contribution < -0.4 is 5.73 Å². The number of nitrogens with zero attached hydrogens (tertiary/aromatic N) is 1. The Hall–Kier alpha value is -2.40. The molecule has 1 aromatic rings. The molecule has 5 atom stereocenters. The van der Waals surface area contributed by atoms with Crippen molar-refractivity contribution >= 4 is 11.8 Å². The predicted molar refractivity (Wildman–Crippen MR) is 87.6 cm³/mol. The number of carboxylic acid groups (broad SMARTS) is 1. The van der Waals surface area contributed by atoms with Crippen LogP contribution in [0.3, 0.4) is 0 Å². The molecule has 0 bridgehead atoms. The molecule has 3 N–H and O–H groups in total. The van der Waals surface area contributed by atoms with Gasteiger partial charge in [0, 0.05) is 5.41 Å². The second kappa shape index (κ2) is 6.34. The van der Waals surface area contributed by atoms with E-state index in [1.807, 2.05) is 6.07 Å². The first kappa shape index (κ1) is 19.4. The fraction of sp³-hybridized carbons (Fsp3) is 0.526. The zero-order chi connectivity index (χ0) is 20.1. The van der Waals surface area contributed by atoms with Crippen LogP contribution in [-0.4, -0.2) is 23.4 Å². The summed E-state index contributed by atoms with van der Waals surface area (Å²) in [5, 5.41) is 19.5. The molecular formula is C19H19F3N2O3. The lowest BCUT2D eigenvalue weighted by Gasteiger charge is -2.37. The lowest BCUT2D eigenvalue weighted by Crippen LogP contribution is -2.48. The molecule has 2 aliphatic rings. The Morgan fingerprint density at radius 3 is 2.52 bits per heavy atom. The molecule has 0 aliphatic heterocycles. The van der Waals surface area contributed by atoms with Crippen molar-refractivity contribution in [2.24, 2.45) is 34.3 Å². The predicted octanol–water partition coefficient (Wildman–Crippen LogP) is 2.43. The van der Waals surface area contributed by atoms with E-state index in [9.17, 15) is 33.1 Å². The lowest BCUT2D eigenvalue weighted by molar-refractivity contribution is -0.142. The molecular weight excluding hydrogens is 361 g/mol. The standard InChI is InChI=1S/C19H19F3N2O3/c1-2-18-11(14(18)17(26)27)6-10(19(18,8-24)13(25)7-23)5-9-3-4-12(20)16(22)15(9)21/h3-4,10-11,14H,2,5-7,23H2,1H3,(H,26,27). The maximum absolute atomic E-state index is 14.1. The van der Waals surface area contributed by atoms with Crippen molar-refractivity contribution in [2.45, 2.75) is 26.2 Å². The van der Waals surface area contributed by atoms with Gasteiger partial charge in [-0.25, -0.2) is 13.2 Å². The van der Waals surface area contributed by atoms with E-state index >= 15 is 0 Å². The third-order valence-corrected chi connectivity index (χ3v) is 6.63. The number of aliphatic carboxylic acids is 1. The van der Waals surface area contributed by atoms with E-state index in [1.165, 1.54) is 0 Å². The maximum Gasteiger partial charge on any atom is 0.307 e. The summed E-state index contributed by atoms with van der Waals surface area (Å²) in [6.45, 7) is 1.26. The number of halogens is 3. The highest BCUT2D eigenvalue weighted by atomic mass is 19.2. The zero-order valence-electron chi connectivity index (χ0n) is 14.6. The fourth-order valence-electron chi connectivity index (χ4n) is 5.55. The van der Waals surface area contributed by atoms with Gasteiger partial charge in [0.15, 0.2) is 23.2 Å². The Morgan fingerprint density at radius 2 is 2.00 bits per heavy atom. The van der Waals surface area contributed by atoms with Gasteiger partial charge in [-0.15, -0.1) is 0 Å². The van der Waals surface area contributed by atoms with E-state index in [2.05, 4.69) is 0 Å². The normalized spacial score (nSPS) is 34.0. The molecule has 0 heterocycles. The summed E-state index contributed by atoms with van der Waals surface area (Å²) >= 11 is 0. The summed E-state index contributed by atoms with van der Waals surface area (Å²) in [4.78, 5) is 24.4. The van der Waals surface area contributed by atoms with E-state index in [1.54, 1.807) is 6.92 Å². The number of carbonyl (C=O) groups excluding carboxylic acids is 1. The van der Waals surface area contributed by atoms with Crippen molar-refractivity contribution in [1.29, 1.82) is 5.26 Å². The van der Waals surface area contributed by atoms with Crippen LogP contribution in [0, 0.1) is 57.4 Å². The van der Waals surface area contributed by atoms with E-state index in [-0.39, 0.29) is 24.8 Å². The number of hydrogen-bond donors (Lipinski definition) is 2. The van der Waals surface area contributed by atoms with Crippen LogP contribution in [-0.2, 0) is 16.0 Å². The molecule has 5 nitrogen and oxygen atoms in total. The van der Waals surface area contributed by atoms with Crippen molar-refractivity contribution in [3.63, 3.8) is 0 Å². The van der Waals surface area contributed by atoms with Crippen LogP contribution in [0.4, 0.5) is 13.2 Å². The van der Waals surface area contributed by atoms with Gasteiger partial charge in [-0.05, 0) is 42.7 Å². The number of ketones is 1. The Balaban J connectivity index is 2.07. The van der Waals surface area contributed by atoms with E-state index < -0.39 is 64.3 Å². The molecule has 27 heavy (non-hydrogen) atoms. The number of benzene rings is 1. The fourth-order valence-corrected chi connectivity index (χ4v) is 5.55. The number of fused-ring (bicyclic) bond motifs is 1. The average Bonchev–Trinajstić information content (AvgIpc) is 3.23. The first-order valence-electron chi connectivity index (χ1n) is 8.72. The first-order chi connectivity index (χ1) is 12.7. The lowest BCUT2D eigenvalue weighted by atomic mass is 9.61. The van der Waals surface area contributed by atoms with Crippen molar-refractivity contribution in [2.75, 3.05) is 6.54 Å². The molecule has 0 radical (unpaired) electrons. The quantitative estimate of drug-likeness (QED) is 0.738. The van der Waals surface area contributed by atoms with E-state index in [0.29, 0.717) is 0 Å². The highest BCUT2D eigenvalue weighted by Crippen LogP contribution is 2.79. The Kier molecular flexibility index (Phi) is 4.55. The van der Waals surface area contributed by atoms with Crippen LogP contribution >= 0.6 is 0 Å². The molecule has 0 saturated heterocycles. The van der Waals surface area contributed by atoms with Gasteiger partial charge in [0.25, 0.3) is 0 Å². The number of nitriles is 1. The summed E-state index contributed by atoms with van der Waals surface area (Å²) in [6.07, 6.45) is 0.320. The van der Waals surface area contributed by atoms with Gasteiger partial charge in [-0.3, -0.25) is 9.59 Å². The van der Waals surface area contributed by atoms with Gasteiger partial charge in [-0.2, -0.15) is 5.26 Å². The summed E-state index contributed by atoms with van der Waals surface area (Å²) in [5.41, 5.74) is 2.62. The second-order valence-electron chi connectivity index (χ2n) is 7.33. The van der Waals surface area contributed by atoms with Gasteiger partial charge in [0.05, 0.1) is 18.5 Å². The number of carbonyl (C=O) groups is 2. The van der Waals surface area contributed by atoms with E-state index in [0.717, 1.165) is 12.1 Å². The molecule has 1 aromatic carbocycles. The minimum absolute atomic E-state index is 0.150. The highest BCUT2D eigenvalue weighted by molar-refractivity contribution is 5.94. The van der Waals surface area contributed by atoms with Crippen molar-refractivity contribution in [3.05, 3.63) is 35.1 Å². The van der Waals surface area contributed by atoms with Crippen LogP contribution in [0.5, 0.6) is 0 Å². The van der Waals surface area contributed by atoms with Gasteiger partial charge >= 0.3 is 5.97 Å². The van der Waals surface area contributed by atoms with E-state index in [4.69, 9.17) is 5.73 Å². The molecule has 8 heteroatoms. The largest absolute Gasteiger partial charge is 0.481 e. The van der Waals surface area contributed by atoms with Crippen LogP contribution in [0.1, 0.15) is 25.3 Å². The molecule has 2 saturated carbocycles. The third-order valence-electron chi connectivity index (χ3n) is 6.63. The topological polar surface area (TPSA) is 104 Å². The summed E-state index contributed by atoms with van der Waals surface area (Å²) < 4.78 is 40.9. The Bertz CT molecular complexity index is 868. The highest BCUT2D eigenvalue weighted by Gasteiger charge is 2.83. The number of nitrogens with two attached hydrogens (primary N) is 1. The first-order valence-corrected chi connectivity index (χ1v) is 8.72. The second-order valence-corrected chi connectivity index (χ2v) is 7.33. The average molecular weight is 380 g/mol. The molecule has 0 spiro atoms. The summed E-state index contributed by atoms with van der Waals surface area (Å²) in [5.74, 6) is -7.95. The smallest absolute Gasteiger partial charge is 0.307 e. The molecule has 0 amide bonds. The summed E-state index contributed by atoms with van der Waals surface area (Å²) in [7, 11) is 0. The Morgan fingerprint density at radius 1 is 1.33 bits per heavy atom. The van der Waals surface area contributed by atoms with Gasteiger partial charge in [-0.1, -0.05) is 13.0 Å². The van der Waals surface area contributed by atoms with Crippen LogP contribution in [0.15, 0.2) is 12.1 Å². The van der Waals surface area contributed by atoms with Crippen molar-refractivity contribution < 1.29 is 27.9 Å². The van der Waals surface area contributed by atoms with Gasteiger partial charge < -0.3 is 10.8 Å². The SMILES string of the molecule is CCC12C(CC(Cc3ccc(F)c(F)c3F)C1(C#N)C(=O)CN)C2C(=O)O. The molecule has 5 unspecified atom stereocenters. The molecule has 2 aliphatic carbocycles. The summed E-state index contributed by atoms with van der Waals surface area (Å²) in [6, 6.07) is 3.90. The van der Waals surface area contributed by atoms with Crippen molar-refractivity contribution in [3.8, 4) is 6.07 Å². The minimum Gasteiger partial charge on any atom is -0.481 e. The molecule has 144 valence electrons. The van der Waals surface area contributed by atoms with Gasteiger partial charge in [0.1, 0.15) is 5.41 Å². The van der Waals surface area contributed by atoms with Crippen LogP contribution in [0.25, 0.3) is 0 Å². The van der Waals surface area contributed by atoms with Gasteiger partial charge in [0.2, 0.25) is 0 Å². The number of hydrogen-bond acceptors (Lipinski definition) is 4. The Labute approximate surface area is 154 Å².